The van der Waals surface area contributed by atoms with Crippen LogP contribution in [0.4, 0.5) is 0 Å². The normalized spacial score (nSPS) is 14.3. The smallest absolute Gasteiger partial charge is 0.269 e. The van der Waals surface area contributed by atoms with Crippen LogP contribution in [-0.2, 0) is 0 Å². The number of rotatable bonds is 2. The zero-order valence-electron chi connectivity index (χ0n) is 11.6. The number of nitrogens with zero attached hydrogens (tertiary/aromatic N) is 1. The summed E-state index contributed by atoms with van der Waals surface area (Å²) < 4.78 is 1.68. The van der Waals surface area contributed by atoms with Crippen molar-refractivity contribution in [1.82, 2.24) is 9.88 Å². The van der Waals surface area contributed by atoms with Crippen molar-refractivity contribution < 1.29 is 14.4 Å². The van der Waals surface area contributed by atoms with Gasteiger partial charge in [-0.15, -0.1) is 0 Å². The van der Waals surface area contributed by atoms with Gasteiger partial charge in [-0.2, -0.15) is 0 Å². The van der Waals surface area contributed by atoms with Gasteiger partial charge in [-0.05, 0) is 37.3 Å². The number of amides is 1. The molecule has 0 unspecified atom stereocenters. The number of carbonyl (C=O) groups is 3. The van der Waals surface area contributed by atoms with Gasteiger partial charge in [0, 0.05) is 36.0 Å². The van der Waals surface area contributed by atoms with E-state index in [-0.39, 0.29) is 17.5 Å². The fraction of sp³-hybridized carbons (Fsp3) is 0.188. The highest BCUT2D eigenvalue weighted by Gasteiger charge is 2.25. The number of carbonyl (C=O) groups excluding carboxylic acids is 3. The molecule has 2 aromatic rings. The van der Waals surface area contributed by atoms with Crippen LogP contribution in [0.25, 0.3) is 5.69 Å². The minimum Gasteiger partial charge on any atom is -0.350 e. The Morgan fingerprint density at radius 3 is 2.52 bits per heavy atom. The lowest BCUT2D eigenvalue weighted by molar-refractivity contribution is 0.0948. The first-order valence-electron chi connectivity index (χ1n) is 6.72. The van der Waals surface area contributed by atoms with Gasteiger partial charge in [-0.1, -0.05) is 0 Å². The Hall–Kier alpha value is -2.69. The number of hydrogen-bond donors (Lipinski definition) is 1. The van der Waals surface area contributed by atoms with E-state index in [4.69, 9.17) is 0 Å². The van der Waals surface area contributed by atoms with Crippen molar-refractivity contribution in [2.45, 2.75) is 13.3 Å². The molecule has 2 heterocycles. The Morgan fingerprint density at radius 1 is 1.14 bits per heavy atom. The highest BCUT2D eigenvalue weighted by molar-refractivity contribution is 6.09. The van der Waals surface area contributed by atoms with Crippen molar-refractivity contribution in [1.29, 1.82) is 0 Å². The van der Waals surface area contributed by atoms with E-state index in [1.54, 1.807) is 41.1 Å². The molecule has 3 rings (SSSR count). The van der Waals surface area contributed by atoms with E-state index in [9.17, 15) is 14.4 Å². The lowest BCUT2D eigenvalue weighted by Gasteiger charge is -2.09. The summed E-state index contributed by atoms with van der Waals surface area (Å²) in [5.74, 6) is -0.306. The molecule has 0 bridgehead atoms. The second-order valence-electron chi connectivity index (χ2n) is 4.98. The molecule has 21 heavy (non-hydrogen) atoms. The standard InChI is InChI=1S/C16H14N2O3/c1-10(19)11-2-4-12(5-3-11)18-9-7-13-14(20)6-8-17-16(21)15(13)18/h2-5,7,9H,6,8H2,1H3,(H,17,21). The van der Waals surface area contributed by atoms with Crippen LogP contribution in [0, 0.1) is 0 Å². The molecule has 0 atom stereocenters. The molecule has 1 N–H and O–H groups in total. The number of hydrogen-bond acceptors (Lipinski definition) is 3. The summed E-state index contributed by atoms with van der Waals surface area (Å²) in [4.78, 5) is 35.4. The van der Waals surface area contributed by atoms with Crippen LogP contribution < -0.4 is 5.32 Å². The molecule has 0 saturated heterocycles. The lowest BCUT2D eigenvalue weighted by Crippen LogP contribution is -2.25. The van der Waals surface area contributed by atoms with Crippen molar-refractivity contribution in [3.63, 3.8) is 0 Å². The highest BCUT2D eigenvalue weighted by atomic mass is 16.2. The Kier molecular flexibility index (Phi) is 3.17. The zero-order chi connectivity index (χ0) is 15.0. The third-order valence-corrected chi connectivity index (χ3v) is 3.59. The molecule has 1 aliphatic rings. The predicted molar refractivity (Wildman–Crippen MR) is 77.1 cm³/mol. The SMILES string of the molecule is CC(=O)c1ccc(-n2ccc3c2C(=O)NCCC3=O)cc1. The zero-order valence-corrected chi connectivity index (χ0v) is 11.6. The first-order valence-corrected chi connectivity index (χ1v) is 6.72. The number of benzene rings is 1. The molecule has 0 aliphatic carbocycles. The quantitative estimate of drug-likeness (QED) is 0.856. The van der Waals surface area contributed by atoms with Crippen molar-refractivity contribution in [3.8, 4) is 5.69 Å². The Labute approximate surface area is 121 Å². The molecule has 106 valence electrons. The van der Waals surface area contributed by atoms with Crippen LogP contribution in [-0.4, -0.2) is 28.6 Å². The fourth-order valence-corrected chi connectivity index (χ4v) is 2.47. The molecule has 0 radical (unpaired) electrons. The number of aromatic nitrogens is 1. The van der Waals surface area contributed by atoms with Crippen LogP contribution in [0.3, 0.4) is 0 Å². The summed E-state index contributed by atoms with van der Waals surface area (Å²) in [5.41, 5.74) is 2.15. The highest BCUT2D eigenvalue weighted by Crippen LogP contribution is 2.21. The first-order chi connectivity index (χ1) is 10.1. The summed E-state index contributed by atoms with van der Waals surface area (Å²) in [6.07, 6.45) is 2.02. The largest absolute Gasteiger partial charge is 0.350 e. The lowest BCUT2D eigenvalue weighted by atomic mass is 10.1. The van der Waals surface area contributed by atoms with Crippen molar-refractivity contribution in [3.05, 3.63) is 53.3 Å². The Morgan fingerprint density at radius 2 is 1.86 bits per heavy atom. The number of nitrogens with one attached hydrogen (secondary N) is 1. The van der Waals surface area contributed by atoms with E-state index in [1.165, 1.54) is 6.92 Å². The minimum absolute atomic E-state index is 0.0131. The van der Waals surface area contributed by atoms with E-state index < -0.39 is 0 Å². The average Bonchev–Trinajstić information content (AvgIpc) is 2.86. The van der Waals surface area contributed by atoms with Crippen molar-refractivity contribution in [2.24, 2.45) is 0 Å². The number of ketones is 2. The van der Waals surface area contributed by atoms with Crippen LogP contribution in [0.5, 0.6) is 0 Å². The molecule has 0 spiro atoms. The molecule has 1 amide bonds. The second-order valence-corrected chi connectivity index (χ2v) is 4.98. The van der Waals surface area contributed by atoms with Gasteiger partial charge in [0.1, 0.15) is 5.69 Å². The number of fused-ring (bicyclic) bond motifs is 1. The van der Waals surface area contributed by atoms with Gasteiger partial charge in [0.05, 0.1) is 0 Å². The third kappa shape index (κ3) is 2.27. The molecule has 0 fully saturated rings. The molecular weight excluding hydrogens is 268 g/mol. The van der Waals surface area contributed by atoms with Gasteiger partial charge in [0.25, 0.3) is 5.91 Å². The van der Waals surface area contributed by atoms with Gasteiger partial charge >= 0.3 is 0 Å². The monoisotopic (exact) mass is 282 g/mol. The van der Waals surface area contributed by atoms with Gasteiger partial charge in [0.2, 0.25) is 0 Å². The maximum atomic E-state index is 12.1. The molecule has 5 nitrogen and oxygen atoms in total. The predicted octanol–water partition coefficient (Wildman–Crippen LogP) is 2.00. The maximum Gasteiger partial charge on any atom is 0.269 e. The van der Waals surface area contributed by atoms with E-state index in [1.807, 2.05) is 0 Å². The third-order valence-electron chi connectivity index (χ3n) is 3.59. The molecule has 1 aliphatic heterocycles. The average molecular weight is 282 g/mol. The van der Waals surface area contributed by atoms with Crippen LogP contribution in [0.2, 0.25) is 0 Å². The second kappa shape index (κ2) is 5.01. The fourth-order valence-electron chi connectivity index (χ4n) is 2.47. The maximum absolute atomic E-state index is 12.1. The van der Waals surface area contributed by atoms with E-state index >= 15 is 0 Å². The van der Waals surface area contributed by atoms with Crippen molar-refractivity contribution in [2.75, 3.05) is 6.54 Å². The van der Waals surface area contributed by atoms with E-state index in [2.05, 4.69) is 5.32 Å². The Bertz CT molecular complexity index is 741. The molecule has 1 aromatic carbocycles. The van der Waals surface area contributed by atoms with Gasteiger partial charge in [-0.3, -0.25) is 14.4 Å². The summed E-state index contributed by atoms with van der Waals surface area (Å²) in [5, 5.41) is 2.72. The molecule has 1 aromatic heterocycles. The van der Waals surface area contributed by atoms with E-state index in [0.717, 1.165) is 5.69 Å². The number of Topliss-reactive ketones (excluding diaryl/α,β-unsaturated/α-hetero) is 2. The topological polar surface area (TPSA) is 68.2 Å². The summed E-state index contributed by atoms with van der Waals surface area (Å²) in [6.45, 7) is 1.86. The van der Waals surface area contributed by atoms with E-state index in [0.29, 0.717) is 29.8 Å². The summed E-state index contributed by atoms with van der Waals surface area (Å²) in [7, 11) is 0. The van der Waals surface area contributed by atoms with Gasteiger partial charge < -0.3 is 9.88 Å². The van der Waals surface area contributed by atoms with Crippen LogP contribution in [0.1, 0.15) is 44.5 Å². The van der Waals surface area contributed by atoms with Crippen LogP contribution >= 0.6 is 0 Å². The van der Waals surface area contributed by atoms with Gasteiger partial charge in [-0.25, -0.2) is 0 Å². The van der Waals surface area contributed by atoms with Crippen LogP contribution in [0.15, 0.2) is 36.5 Å². The van der Waals surface area contributed by atoms with Crippen molar-refractivity contribution >= 4 is 17.5 Å². The molecule has 0 saturated carbocycles. The Balaban J connectivity index is 2.10. The summed E-state index contributed by atoms with van der Waals surface area (Å²) >= 11 is 0. The summed E-state index contributed by atoms with van der Waals surface area (Å²) in [6, 6.07) is 8.61. The first kappa shape index (κ1) is 13.3. The molecule has 5 heteroatoms. The minimum atomic E-state index is -0.253. The van der Waals surface area contributed by atoms with Gasteiger partial charge in [0.15, 0.2) is 11.6 Å². The molecular formula is C16H14N2O3.